The Balaban J connectivity index is 4.37. The molecular weight excluding hydrogens is 1020 g/mol. The summed E-state index contributed by atoms with van der Waals surface area (Å²) in [5, 5.41) is 0. The molecule has 0 spiro atoms. The number of ether oxygens (including phenoxy) is 3. The normalized spacial score (nSPS) is 12.7. The lowest BCUT2D eigenvalue weighted by Crippen LogP contribution is -2.30. The van der Waals surface area contributed by atoms with Gasteiger partial charge in [-0.2, -0.15) is 0 Å². The van der Waals surface area contributed by atoms with Crippen molar-refractivity contribution in [3.63, 3.8) is 0 Å². The highest BCUT2D eigenvalue weighted by Gasteiger charge is 2.19. The Morgan fingerprint density at radius 2 is 0.434 bits per heavy atom. The Hall–Kier alpha value is -3.67. The average Bonchev–Trinajstić information content (AvgIpc) is 3.50. The third kappa shape index (κ3) is 69.0. The first-order valence-corrected chi connectivity index (χ1v) is 35.7. The number of hydrogen-bond acceptors (Lipinski definition) is 6. The summed E-state index contributed by atoms with van der Waals surface area (Å²) >= 11 is 0. The van der Waals surface area contributed by atoms with E-state index in [2.05, 4.69) is 118 Å². The maximum Gasteiger partial charge on any atom is 0.306 e. The molecule has 0 radical (unpaired) electrons. The number of carbonyl (C=O) groups is 3. The maximum absolute atomic E-state index is 13.0. The van der Waals surface area contributed by atoms with E-state index < -0.39 is 6.10 Å². The van der Waals surface area contributed by atoms with Crippen LogP contribution in [0, 0.1) is 0 Å². The van der Waals surface area contributed by atoms with E-state index in [1.165, 1.54) is 205 Å². The largest absolute Gasteiger partial charge is 0.462 e. The Labute approximate surface area is 515 Å². The molecule has 0 saturated carbocycles. The summed E-state index contributed by atoms with van der Waals surface area (Å²) < 4.78 is 17.0. The molecule has 0 bridgehead atoms. The van der Waals surface area contributed by atoms with Crippen molar-refractivity contribution in [2.24, 2.45) is 0 Å². The van der Waals surface area contributed by atoms with Gasteiger partial charge < -0.3 is 14.2 Å². The second-order valence-electron chi connectivity index (χ2n) is 23.8. The van der Waals surface area contributed by atoms with E-state index in [0.717, 1.165) is 109 Å². The fourth-order valence-electron chi connectivity index (χ4n) is 10.1. The number of unbranched alkanes of at least 4 members (excludes halogenated alkanes) is 38. The van der Waals surface area contributed by atoms with E-state index >= 15 is 0 Å². The topological polar surface area (TPSA) is 78.9 Å². The predicted octanol–water partition coefficient (Wildman–Crippen LogP) is 24.8. The summed E-state index contributed by atoms with van der Waals surface area (Å²) in [6.45, 7) is 6.61. The Morgan fingerprint density at radius 3 is 0.699 bits per heavy atom. The average molecular weight is 1160 g/mol. The predicted molar refractivity (Wildman–Crippen MR) is 362 cm³/mol. The molecule has 0 aromatic heterocycles. The van der Waals surface area contributed by atoms with Gasteiger partial charge in [-0.25, -0.2) is 0 Å². The van der Waals surface area contributed by atoms with Gasteiger partial charge in [0.15, 0.2) is 6.10 Å². The Morgan fingerprint density at radius 1 is 0.241 bits per heavy atom. The van der Waals surface area contributed by atoms with Crippen molar-refractivity contribution in [1.82, 2.24) is 0 Å². The lowest BCUT2D eigenvalue weighted by atomic mass is 10.0. The molecule has 0 fully saturated rings. The molecule has 6 heteroatoms. The summed E-state index contributed by atoms with van der Waals surface area (Å²) in [6, 6.07) is 0. The zero-order valence-corrected chi connectivity index (χ0v) is 54.9. The van der Waals surface area contributed by atoms with Gasteiger partial charge in [0.2, 0.25) is 0 Å². The van der Waals surface area contributed by atoms with Crippen LogP contribution in [0.3, 0.4) is 0 Å². The van der Waals surface area contributed by atoms with Gasteiger partial charge in [0.05, 0.1) is 0 Å². The van der Waals surface area contributed by atoms with Crippen LogP contribution in [0.5, 0.6) is 0 Å². The molecule has 0 aromatic carbocycles. The van der Waals surface area contributed by atoms with E-state index in [0.29, 0.717) is 19.3 Å². The minimum absolute atomic E-state index is 0.0854. The monoisotopic (exact) mass is 1160 g/mol. The molecular formula is C77H134O6. The summed E-state index contributed by atoms with van der Waals surface area (Å²) in [6.07, 6.45) is 95.6. The van der Waals surface area contributed by atoms with E-state index in [1.54, 1.807) is 0 Å². The van der Waals surface area contributed by atoms with Gasteiger partial charge in [-0.15, -0.1) is 0 Å². The van der Waals surface area contributed by atoms with E-state index in [-0.39, 0.29) is 31.1 Å². The van der Waals surface area contributed by atoms with Crippen LogP contribution in [-0.2, 0) is 28.6 Å². The second-order valence-corrected chi connectivity index (χ2v) is 23.8. The molecule has 0 heterocycles. The molecule has 0 aliphatic heterocycles. The maximum atomic E-state index is 13.0. The minimum atomic E-state index is -0.792. The van der Waals surface area contributed by atoms with Crippen molar-refractivity contribution < 1.29 is 28.6 Å². The van der Waals surface area contributed by atoms with Gasteiger partial charge in [-0.3, -0.25) is 14.4 Å². The highest BCUT2D eigenvalue weighted by Crippen LogP contribution is 2.17. The lowest BCUT2D eigenvalue weighted by Gasteiger charge is -2.18. The first kappa shape index (κ1) is 79.3. The molecule has 0 saturated heterocycles. The standard InChI is InChI=1S/C77H134O6/c1-4-7-10-13-16-19-22-25-28-31-33-35-36-37-38-39-40-42-43-46-49-52-55-58-61-64-67-70-76(79)82-73-74(72-81-75(78)69-66-63-60-57-54-51-48-45-30-27-24-21-18-15-12-9-6-3)83-77(80)71-68-65-62-59-56-53-50-47-44-41-34-32-29-26-23-20-17-14-11-8-5-2/h18,21-23,25-27,30-34,36-37,44,47,74H,4-17,19-20,24,28-29,35,38-43,45-46,48-73H2,1-3H3/b21-18-,25-22-,26-23-,30-27-,33-31-,34-32-,37-36-,47-44-. The number of allylic oxidation sites excluding steroid dienone is 16. The van der Waals surface area contributed by atoms with E-state index in [1.807, 2.05) is 0 Å². The highest BCUT2D eigenvalue weighted by molar-refractivity contribution is 5.71. The number of esters is 3. The summed E-state index contributed by atoms with van der Waals surface area (Å²) in [4.78, 5) is 38.5. The molecule has 0 amide bonds. The van der Waals surface area contributed by atoms with Gasteiger partial charge in [0, 0.05) is 19.3 Å². The number of hydrogen-bond donors (Lipinski definition) is 0. The molecule has 0 rings (SSSR count). The Kier molecular flexibility index (Phi) is 67.7. The van der Waals surface area contributed by atoms with Crippen molar-refractivity contribution >= 4 is 17.9 Å². The van der Waals surface area contributed by atoms with E-state index in [9.17, 15) is 14.4 Å². The summed E-state index contributed by atoms with van der Waals surface area (Å²) in [5.41, 5.74) is 0. The lowest BCUT2D eigenvalue weighted by molar-refractivity contribution is -0.167. The van der Waals surface area contributed by atoms with Gasteiger partial charge in [-0.1, -0.05) is 304 Å². The second kappa shape index (κ2) is 70.8. The van der Waals surface area contributed by atoms with Crippen molar-refractivity contribution in [3.8, 4) is 0 Å². The highest BCUT2D eigenvalue weighted by atomic mass is 16.6. The van der Waals surface area contributed by atoms with Crippen molar-refractivity contribution in [2.45, 2.75) is 361 Å². The van der Waals surface area contributed by atoms with Crippen LogP contribution in [0.25, 0.3) is 0 Å². The van der Waals surface area contributed by atoms with Crippen LogP contribution in [0.15, 0.2) is 97.2 Å². The third-order valence-corrected chi connectivity index (χ3v) is 15.5. The van der Waals surface area contributed by atoms with Crippen LogP contribution in [0.1, 0.15) is 355 Å². The fourth-order valence-corrected chi connectivity index (χ4v) is 10.1. The van der Waals surface area contributed by atoms with Crippen LogP contribution in [0.4, 0.5) is 0 Å². The van der Waals surface area contributed by atoms with Crippen LogP contribution < -0.4 is 0 Å². The zero-order chi connectivity index (χ0) is 59.9. The smallest absolute Gasteiger partial charge is 0.306 e. The van der Waals surface area contributed by atoms with Crippen LogP contribution in [0.2, 0.25) is 0 Å². The number of rotatable bonds is 65. The molecule has 6 nitrogen and oxygen atoms in total. The minimum Gasteiger partial charge on any atom is -0.462 e. The molecule has 0 aromatic rings. The van der Waals surface area contributed by atoms with Gasteiger partial charge in [0.25, 0.3) is 0 Å². The molecule has 83 heavy (non-hydrogen) atoms. The van der Waals surface area contributed by atoms with Crippen molar-refractivity contribution in [3.05, 3.63) is 97.2 Å². The zero-order valence-electron chi connectivity index (χ0n) is 54.9. The van der Waals surface area contributed by atoms with Crippen LogP contribution >= 0.6 is 0 Å². The third-order valence-electron chi connectivity index (χ3n) is 15.5. The van der Waals surface area contributed by atoms with Crippen molar-refractivity contribution in [2.75, 3.05) is 13.2 Å². The molecule has 0 aliphatic carbocycles. The summed E-state index contributed by atoms with van der Waals surface area (Å²) in [5.74, 6) is -0.893. The molecule has 0 aliphatic rings. The summed E-state index contributed by atoms with van der Waals surface area (Å²) in [7, 11) is 0. The molecule has 1 atom stereocenters. The van der Waals surface area contributed by atoms with Gasteiger partial charge >= 0.3 is 17.9 Å². The van der Waals surface area contributed by atoms with Gasteiger partial charge in [-0.05, 0) is 128 Å². The van der Waals surface area contributed by atoms with E-state index in [4.69, 9.17) is 14.2 Å². The number of carbonyl (C=O) groups excluding carboxylic acids is 3. The van der Waals surface area contributed by atoms with Crippen molar-refractivity contribution in [1.29, 1.82) is 0 Å². The van der Waals surface area contributed by atoms with Crippen LogP contribution in [-0.4, -0.2) is 37.2 Å². The first-order valence-electron chi connectivity index (χ1n) is 35.7. The molecule has 478 valence electrons. The SMILES string of the molecule is CCCCC/C=C\C/C=C\CCCCCCCCCC(=O)OCC(COC(=O)CCCCCCCCCCCCCC/C=C\C/C=C\C/C=C\CCCCCCC)OC(=O)CCCCCCCC/C=C\C/C=C\C/C=C\CCCCCCC. The fraction of sp³-hybridized carbons (Fsp3) is 0.753. The first-order chi connectivity index (χ1) is 41.0. The Bertz CT molecular complexity index is 1610. The quantitative estimate of drug-likeness (QED) is 0.0261. The molecule has 0 N–H and O–H groups in total. The molecule has 1 unspecified atom stereocenters. The van der Waals surface area contributed by atoms with Gasteiger partial charge in [0.1, 0.15) is 13.2 Å².